The van der Waals surface area contributed by atoms with E-state index in [1.165, 1.54) is 128 Å². The molecule has 2 atom stereocenters. The van der Waals surface area contributed by atoms with Crippen LogP contribution in [-0.2, 0) is 12.8 Å². The zero-order valence-electron chi connectivity index (χ0n) is 31.4. The fraction of sp³-hybridized carbons (Fsp3) is 0.388. The zero-order valence-corrected chi connectivity index (χ0v) is 34.6. The Bertz CT molecular complexity index is 2250. The van der Waals surface area contributed by atoms with E-state index in [-0.39, 0.29) is 5.92 Å². The first kappa shape index (κ1) is 40.1. The second-order valence-electron chi connectivity index (χ2n) is 13.6. The molecule has 5 aromatic rings. The Morgan fingerprint density at radius 2 is 1.04 bits per heavy atom. The topological polar surface area (TPSA) is 0 Å². The van der Waals surface area contributed by atoms with Crippen molar-refractivity contribution in [1.82, 2.24) is 0 Å². The summed E-state index contributed by atoms with van der Waals surface area (Å²) < 4.78 is 2.80. The molecule has 0 fully saturated rings. The minimum atomic E-state index is 0.256. The lowest BCUT2D eigenvalue weighted by Gasteiger charge is -2.11. The van der Waals surface area contributed by atoms with Crippen LogP contribution < -0.4 is 0 Å². The Balaban J connectivity index is 1.33. The molecule has 0 N–H and O–H groups in total. The molecule has 0 spiro atoms. The lowest BCUT2D eigenvalue weighted by molar-refractivity contribution is 0.483. The quantitative estimate of drug-likeness (QED) is 0.0616. The van der Waals surface area contributed by atoms with E-state index < -0.39 is 0 Å². The van der Waals surface area contributed by atoms with E-state index in [1.54, 1.807) is 0 Å². The highest BCUT2D eigenvalue weighted by atomic mass is 32.1. The van der Waals surface area contributed by atoms with Crippen molar-refractivity contribution in [3.63, 3.8) is 0 Å². The van der Waals surface area contributed by atoms with Crippen LogP contribution in [0.25, 0.3) is 41.1 Å². The van der Waals surface area contributed by atoms with Gasteiger partial charge in [-0.1, -0.05) is 97.3 Å². The van der Waals surface area contributed by atoms with Crippen molar-refractivity contribution >= 4 is 65.5 Å². The van der Waals surface area contributed by atoms with Crippen LogP contribution in [0.4, 0.5) is 0 Å². The van der Waals surface area contributed by atoms with Gasteiger partial charge < -0.3 is 0 Å². The van der Waals surface area contributed by atoms with Gasteiger partial charge in [-0.15, -0.1) is 51.8 Å². The van der Waals surface area contributed by atoms with Gasteiger partial charge in [0.1, 0.15) is 0 Å². The SMILES string of the molecule is C#CC#CC#CC#CC#CC#CC(CCCCCC)Cc1ccc(-c2c3ccsc3c(-c3ccc(CC(C)CCCCCCCC)s3)c3ccsc23)s1. The van der Waals surface area contributed by atoms with Crippen LogP contribution >= 0.6 is 45.3 Å². The second-order valence-corrected chi connectivity index (χ2v) is 17.8. The standard InChI is InChI=1S/C49H48S4/c1-5-8-11-14-16-17-18-19-21-24-27-39(26-23-13-10-7-3)37-41-29-31-45(53-41)47-43-33-35-50-48(43)46(42-32-34-51-49(42)47)44-30-28-40(52-44)36-38(4)25-22-20-15-12-9-6-2/h1,28-35,38-39H,6-7,9-10,12-13,15,20,22-23,25-26,36-37H2,2-4H3. The first-order valence-corrected chi connectivity index (χ1v) is 22.6. The van der Waals surface area contributed by atoms with Crippen LogP contribution in [0, 0.1) is 83.4 Å². The molecule has 268 valence electrons. The Hall–Kier alpha value is -4.10. The summed E-state index contributed by atoms with van der Waals surface area (Å²) in [6.07, 6.45) is 22.8. The van der Waals surface area contributed by atoms with E-state index in [9.17, 15) is 0 Å². The minimum Gasteiger partial charge on any atom is -0.143 e. The number of hydrogen-bond donors (Lipinski definition) is 0. The average Bonchev–Trinajstić information content (AvgIpc) is 4.00. The molecule has 4 aromatic heterocycles. The lowest BCUT2D eigenvalue weighted by atomic mass is 9.97. The maximum absolute atomic E-state index is 5.09. The number of hydrogen-bond acceptors (Lipinski definition) is 4. The summed E-state index contributed by atoms with van der Waals surface area (Å²) in [7, 11) is 0. The van der Waals surface area contributed by atoms with Gasteiger partial charge in [0.25, 0.3) is 0 Å². The highest BCUT2D eigenvalue weighted by molar-refractivity contribution is 7.22. The van der Waals surface area contributed by atoms with Gasteiger partial charge in [-0.3, -0.25) is 0 Å². The Morgan fingerprint density at radius 3 is 1.62 bits per heavy atom. The van der Waals surface area contributed by atoms with Crippen molar-refractivity contribution in [1.29, 1.82) is 0 Å². The van der Waals surface area contributed by atoms with Gasteiger partial charge in [0.05, 0.1) is 0 Å². The Labute approximate surface area is 335 Å². The molecule has 1 aromatic carbocycles. The maximum atomic E-state index is 5.09. The highest BCUT2D eigenvalue weighted by Gasteiger charge is 2.21. The van der Waals surface area contributed by atoms with Crippen LogP contribution in [0.15, 0.2) is 47.2 Å². The van der Waals surface area contributed by atoms with E-state index in [2.05, 4.69) is 133 Å². The van der Waals surface area contributed by atoms with E-state index in [1.807, 2.05) is 45.3 Å². The van der Waals surface area contributed by atoms with Crippen LogP contribution in [0.1, 0.15) is 108 Å². The maximum Gasteiger partial charge on any atom is 0.0442 e. The van der Waals surface area contributed by atoms with Crippen LogP contribution in [0.5, 0.6) is 0 Å². The van der Waals surface area contributed by atoms with Crippen LogP contribution in [-0.4, -0.2) is 0 Å². The van der Waals surface area contributed by atoms with Gasteiger partial charge in [0, 0.05) is 56.7 Å². The molecule has 0 saturated heterocycles. The second kappa shape index (κ2) is 22.2. The molecule has 2 unspecified atom stereocenters. The number of unbranched alkanes of at least 4 members (excludes halogenated alkanes) is 8. The summed E-state index contributed by atoms with van der Waals surface area (Å²) >= 11 is 7.69. The summed E-state index contributed by atoms with van der Waals surface area (Å²) in [5, 5.41) is 7.32. The van der Waals surface area contributed by atoms with Crippen molar-refractivity contribution < 1.29 is 0 Å². The number of terminal acetylenes is 1. The molecular weight excluding hydrogens is 717 g/mol. The van der Waals surface area contributed by atoms with Crippen LogP contribution in [0.3, 0.4) is 0 Å². The normalized spacial score (nSPS) is 11.4. The van der Waals surface area contributed by atoms with Gasteiger partial charge in [0.2, 0.25) is 0 Å². The predicted octanol–water partition coefficient (Wildman–Crippen LogP) is 14.3. The molecular formula is C49H48S4. The van der Waals surface area contributed by atoms with Gasteiger partial charge in [0.15, 0.2) is 0 Å². The number of rotatable bonds is 18. The van der Waals surface area contributed by atoms with Crippen molar-refractivity contribution in [3.8, 4) is 92.4 Å². The molecule has 0 radical (unpaired) electrons. The Morgan fingerprint density at radius 1 is 0.547 bits per heavy atom. The van der Waals surface area contributed by atoms with E-state index in [4.69, 9.17) is 6.42 Å². The first-order valence-electron chi connectivity index (χ1n) is 19.2. The Kier molecular flexibility index (Phi) is 16.8. The third kappa shape index (κ3) is 11.9. The molecule has 0 nitrogen and oxygen atoms in total. The van der Waals surface area contributed by atoms with E-state index in [0.717, 1.165) is 18.8 Å². The van der Waals surface area contributed by atoms with E-state index >= 15 is 0 Å². The molecule has 0 aliphatic rings. The largest absolute Gasteiger partial charge is 0.143 e. The summed E-state index contributed by atoms with van der Waals surface area (Å²) in [5.74, 6) is 31.0. The molecule has 0 saturated carbocycles. The minimum absolute atomic E-state index is 0.256. The molecule has 5 rings (SSSR count). The molecule has 4 heterocycles. The molecule has 0 amide bonds. The summed E-state index contributed by atoms with van der Waals surface area (Å²) in [4.78, 5) is 5.64. The van der Waals surface area contributed by atoms with E-state index in [0.29, 0.717) is 0 Å². The van der Waals surface area contributed by atoms with Gasteiger partial charge in [-0.25, -0.2) is 0 Å². The lowest BCUT2D eigenvalue weighted by Crippen LogP contribution is -2.01. The van der Waals surface area contributed by atoms with Gasteiger partial charge in [-0.2, -0.15) is 0 Å². The monoisotopic (exact) mass is 764 g/mol. The summed E-state index contributed by atoms with van der Waals surface area (Å²) in [6.45, 7) is 6.99. The van der Waals surface area contributed by atoms with Crippen LogP contribution in [0.2, 0.25) is 0 Å². The smallest absolute Gasteiger partial charge is 0.0442 e. The molecule has 0 bridgehead atoms. The molecule has 4 heteroatoms. The predicted molar refractivity (Wildman–Crippen MR) is 238 cm³/mol. The fourth-order valence-electron chi connectivity index (χ4n) is 6.77. The zero-order chi connectivity index (χ0) is 37.1. The summed E-state index contributed by atoms with van der Waals surface area (Å²) in [5.41, 5.74) is 2.81. The van der Waals surface area contributed by atoms with Gasteiger partial charge >= 0.3 is 0 Å². The number of benzene rings is 1. The number of thiophene rings is 4. The van der Waals surface area contributed by atoms with Crippen molar-refractivity contribution in [2.24, 2.45) is 11.8 Å². The molecule has 0 aliphatic heterocycles. The van der Waals surface area contributed by atoms with Crippen molar-refractivity contribution in [2.75, 3.05) is 0 Å². The van der Waals surface area contributed by atoms with Gasteiger partial charge in [-0.05, 0) is 132 Å². The van der Waals surface area contributed by atoms with Crippen molar-refractivity contribution in [3.05, 3.63) is 56.9 Å². The van der Waals surface area contributed by atoms with Crippen molar-refractivity contribution in [2.45, 2.75) is 111 Å². The third-order valence-electron chi connectivity index (χ3n) is 9.44. The fourth-order valence-corrected chi connectivity index (χ4v) is 11.2. The third-order valence-corrected chi connectivity index (χ3v) is 13.6. The average molecular weight is 765 g/mol. The number of fused-ring (bicyclic) bond motifs is 2. The first-order chi connectivity index (χ1) is 26.1. The molecule has 53 heavy (non-hydrogen) atoms. The molecule has 0 aliphatic carbocycles. The summed E-state index contributed by atoms with van der Waals surface area (Å²) in [6, 6.07) is 14.1. The highest BCUT2D eigenvalue weighted by Crippen LogP contribution is 2.50.